The van der Waals surface area contributed by atoms with Gasteiger partial charge in [0.05, 0.1) is 43.5 Å². The van der Waals surface area contributed by atoms with Crippen LogP contribution in [0.2, 0.25) is 0 Å². The van der Waals surface area contributed by atoms with Crippen molar-refractivity contribution in [1.82, 2.24) is 0 Å². The van der Waals surface area contributed by atoms with E-state index in [4.69, 9.17) is 28.4 Å². The molecule has 0 aliphatic carbocycles. The highest BCUT2D eigenvalue weighted by Crippen LogP contribution is 2.23. The number of benzene rings is 4. The molecule has 0 radical (unpaired) electrons. The molecule has 0 spiro atoms. The Morgan fingerprint density at radius 2 is 1.00 bits per heavy atom. The van der Waals surface area contributed by atoms with Crippen molar-refractivity contribution < 1.29 is 42.8 Å². The summed E-state index contributed by atoms with van der Waals surface area (Å²) in [5, 5.41) is 0. The van der Waals surface area contributed by atoms with Gasteiger partial charge in [0.15, 0.2) is 0 Å². The third-order valence-electron chi connectivity index (χ3n) is 6.92. The van der Waals surface area contributed by atoms with Gasteiger partial charge >= 0.3 is 17.9 Å². The predicted molar refractivity (Wildman–Crippen MR) is 172 cm³/mol. The number of hydrogen-bond acceptors (Lipinski definition) is 9. The second kappa shape index (κ2) is 18.1. The number of esters is 3. The summed E-state index contributed by atoms with van der Waals surface area (Å²) in [4.78, 5) is 36.8. The normalized spacial score (nSPS) is 11.3. The fourth-order valence-corrected chi connectivity index (χ4v) is 4.07. The van der Waals surface area contributed by atoms with Crippen molar-refractivity contribution in [3.8, 4) is 28.4 Å². The third-order valence-corrected chi connectivity index (χ3v) is 6.92. The van der Waals surface area contributed by atoms with E-state index in [0.717, 1.165) is 17.5 Å². The molecular formula is C37H38O9. The highest BCUT2D eigenvalue weighted by atomic mass is 16.6. The molecule has 0 aliphatic heterocycles. The fourth-order valence-electron chi connectivity index (χ4n) is 4.07. The zero-order valence-electron chi connectivity index (χ0n) is 26.0. The molecule has 0 aliphatic rings. The molecule has 4 aromatic rings. The molecule has 1 atom stereocenters. The zero-order chi connectivity index (χ0) is 32.6. The molecule has 0 aromatic heterocycles. The summed E-state index contributed by atoms with van der Waals surface area (Å²) >= 11 is 0. The Kier molecular flexibility index (Phi) is 13.3. The third kappa shape index (κ3) is 10.9. The van der Waals surface area contributed by atoms with E-state index in [9.17, 15) is 14.4 Å². The molecule has 9 heteroatoms. The van der Waals surface area contributed by atoms with Crippen molar-refractivity contribution in [3.05, 3.63) is 114 Å². The summed E-state index contributed by atoms with van der Waals surface area (Å²) in [5.41, 5.74) is 2.77. The van der Waals surface area contributed by atoms with Crippen LogP contribution in [0.3, 0.4) is 0 Å². The number of carbonyl (C=O) groups is 3. The van der Waals surface area contributed by atoms with E-state index in [1.807, 2.05) is 56.3 Å². The molecule has 0 saturated heterocycles. The topological polar surface area (TPSA) is 107 Å². The molecule has 240 valence electrons. The van der Waals surface area contributed by atoms with Gasteiger partial charge in [0.1, 0.15) is 30.5 Å². The maximum Gasteiger partial charge on any atom is 0.343 e. The summed E-state index contributed by atoms with van der Waals surface area (Å²) in [5.74, 6) is -0.0694. The van der Waals surface area contributed by atoms with Crippen LogP contribution in [0.4, 0.5) is 0 Å². The first-order valence-corrected chi connectivity index (χ1v) is 15.2. The van der Waals surface area contributed by atoms with Crippen LogP contribution in [0, 0.1) is 5.92 Å². The average Bonchev–Trinajstić information content (AvgIpc) is 3.09. The van der Waals surface area contributed by atoms with E-state index in [1.165, 1.54) is 12.1 Å². The minimum atomic E-state index is -0.543. The minimum absolute atomic E-state index is 0.103. The summed E-state index contributed by atoms with van der Waals surface area (Å²) in [6.45, 7) is 5.78. The summed E-state index contributed by atoms with van der Waals surface area (Å²) < 4.78 is 32.6. The average molecular weight is 627 g/mol. The Morgan fingerprint density at radius 1 is 0.543 bits per heavy atom. The highest BCUT2D eigenvalue weighted by Gasteiger charge is 2.13. The van der Waals surface area contributed by atoms with Gasteiger partial charge in [-0.1, -0.05) is 56.3 Å². The lowest BCUT2D eigenvalue weighted by atomic mass is 10.1. The molecule has 0 N–H and O–H groups in total. The van der Waals surface area contributed by atoms with Gasteiger partial charge in [-0.3, -0.25) is 4.79 Å². The van der Waals surface area contributed by atoms with Crippen LogP contribution in [0.15, 0.2) is 103 Å². The Balaban J connectivity index is 1.11. The van der Waals surface area contributed by atoms with Crippen LogP contribution in [0.25, 0.3) is 11.1 Å². The molecule has 0 amide bonds. The minimum Gasteiger partial charge on any atom is -0.491 e. The van der Waals surface area contributed by atoms with Crippen molar-refractivity contribution in [1.29, 1.82) is 0 Å². The highest BCUT2D eigenvalue weighted by molar-refractivity contribution is 5.92. The molecule has 0 saturated carbocycles. The first-order valence-electron chi connectivity index (χ1n) is 15.2. The predicted octanol–water partition coefficient (Wildman–Crippen LogP) is 6.79. The summed E-state index contributed by atoms with van der Waals surface area (Å²) in [6.07, 6.45) is 0.747. The van der Waals surface area contributed by atoms with Crippen molar-refractivity contribution in [2.75, 3.05) is 39.6 Å². The molecule has 4 aromatic carbocycles. The number of hydrogen-bond donors (Lipinski definition) is 0. The Hall–Kier alpha value is -4.99. The second-order valence-electron chi connectivity index (χ2n) is 10.3. The van der Waals surface area contributed by atoms with Gasteiger partial charge in [-0.05, 0) is 78.2 Å². The maximum absolute atomic E-state index is 12.6. The molecule has 0 heterocycles. The van der Waals surface area contributed by atoms with Gasteiger partial charge in [-0.15, -0.1) is 0 Å². The van der Waals surface area contributed by atoms with Crippen molar-refractivity contribution in [2.24, 2.45) is 5.92 Å². The smallest absolute Gasteiger partial charge is 0.343 e. The lowest BCUT2D eigenvalue weighted by Crippen LogP contribution is -2.18. The monoisotopic (exact) mass is 626 g/mol. The second-order valence-corrected chi connectivity index (χ2v) is 10.3. The van der Waals surface area contributed by atoms with E-state index < -0.39 is 11.9 Å². The van der Waals surface area contributed by atoms with Gasteiger partial charge in [-0.2, -0.15) is 0 Å². The lowest BCUT2D eigenvalue weighted by molar-refractivity contribution is -0.149. The first kappa shape index (κ1) is 33.9. The number of rotatable bonds is 17. The molecule has 9 nitrogen and oxygen atoms in total. The molecule has 46 heavy (non-hydrogen) atoms. The largest absolute Gasteiger partial charge is 0.491 e. The van der Waals surface area contributed by atoms with Crippen molar-refractivity contribution in [2.45, 2.75) is 20.3 Å². The molecule has 0 bridgehead atoms. The van der Waals surface area contributed by atoms with Gasteiger partial charge < -0.3 is 28.4 Å². The quantitative estimate of drug-likeness (QED) is 0.0711. The molecular weight excluding hydrogens is 588 g/mol. The van der Waals surface area contributed by atoms with Gasteiger partial charge in [0.25, 0.3) is 0 Å². The van der Waals surface area contributed by atoms with Crippen molar-refractivity contribution >= 4 is 17.9 Å². The standard InChI is InChI=1S/C37H38O9/c1-3-27(2)35(38)44-26-24-42-22-21-41-23-25-43-32-15-11-30(12-16-32)36(39)46-34-19-13-31(14-20-34)37(40)45-33-17-9-29(10-18-33)28-7-5-4-6-8-28/h4-20,27H,3,21-26H2,1-2H3. The van der Waals surface area contributed by atoms with E-state index in [0.29, 0.717) is 61.4 Å². The summed E-state index contributed by atoms with van der Waals surface area (Å²) in [6, 6.07) is 29.9. The van der Waals surface area contributed by atoms with Gasteiger partial charge in [-0.25, -0.2) is 9.59 Å². The summed E-state index contributed by atoms with van der Waals surface area (Å²) in [7, 11) is 0. The Labute approximate surface area is 269 Å². The number of ether oxygens (including phenoxy) is 6. The van der Waals surface area contributed by atoms with Crippen LogP contribution in [-0.2, 0) is 19.0 Å². The fraction of sp³-hybridized carbons (Fsp3) is 0.270. The van der Waals surface area contributed by atoms with Crippen LogP contribution in [0.5, 0.6) is 17.2 Å². The van der Waals surface area contributed by atoms with E-state index >= 15 is 0 Å². The maximum atomic E-state index is 12.6. The Bertz CT molecular complexity index is 1520. The van der Waals surface area contributed by atoms with Crippen LogP contribution in [-0.4, -0.2) is 57.5 Å². The first-order chi connectivity index (χ1) is 22.4. The van der Waals surface area contributed by atoms with Crippen molar-refractivity contribution in [3.63, 3.8) is 0 Å². The van der Waals surface area contributed by atoms with Gasteiger partial charge in [0.2, 0.25) is 0 Å². The number of carbonyl (C=O) groups excluding carboxylic acids is 3. The molecule has 1 unspecified atom stereocenters. The van der Waals surface area contributed by atoms with Gasteiger partial charge in [0, 0.05) is 0 Å². The molecule has 0 fully saturated rings. The Morgan fingerprint density at radius 3 is 1.54 bits per heavy atom. The molecule has 4 rings (SSSR count). The van der Waals surface area contributed by atoms with E-state index in [1.54, 1.807) is 48.5 Å². The van der Waals surface area contributed by atoms with Crippen LogP contribution >= 0.6 is 0 Å². The van der Waals surface area contributed by atoms with Crippen LogP contribution in [0.1, 0.15) is 41.0 Å². The lowest BCUT2D eigenvalue weighted by Gasteiger charge is -2.10. The SMILES string of the molecule is CCC(C)C(=O)OCCOCCOCCOc1ccc(C(=O)Oc2ccc(C(=O)Oc3ccc(-c4ccccc4)cc3)cc2)cc1. The zero-order valence-corrected chi connectivity index (χ0v) is 26.0. The van der Waals surface area contributed by atoms with E-state index in [2.05, 4.69) is 0 Å². The van der Waals surface area contributed by atoms with Crippen LogP contribution < -0.4 is 14.2 Å². The van der Waals surface area contributed by atoms with E-state index in [-0.39, 0.29) is 18.5 Å².